The summed E-state index contributed by atoms with van der Waals surface area (Å²) in [5.74, 6) is 0. The maximum Gasteiger partial charge on any atom is 0.412 e. The summed E-state index contributed by atoms with van der Waals surface area (Å²) >= 11 is 0. The van der Waals surface area contributed by atoms with Crippen molar-refractivity contribution >= 4 is 6.09 Å². The third-order valence-electron chi connectivity index (χ3n) is 4.54. The second-order valence-electron chi connectivity index (χ2n) is 7.45. The Morgan fingerprint density at radius 3 is 2.29 bits per heavy atom. The number of ether oxygens (including phenoxy) is 2. The summed E-state index contributed by atoms with van der Waals surface area (Å²) in [6, 6.07) is 10.4. The molecule has 0 saturated carbocycles. The van der Waals surface area contributed by atoms with Gasteiger partial charge in [0, 0.05) is 46.6 Å². The van der Waals surface area contributed by atoms with Gasteiger partial charge in [0.05, 0.1) is 0 Å². The first-order valence-electron chi connectivity index (χ1n) is 8.54. The third kappa shape index (κ3) is 4.71. The molecule has 1 heterocycles. The van der Waals surface area contributed by atoms with E-state index in [1.165, 1.54) is 5.56 Å². The summed E-state index contributed by atoms with van der Waals surface area (Å²) in [6.07, 6.45) is 1.21. The molecule has 24 heavy (non-hydrogen) atoms. The normalized spacial score (nSPS) is 18.2. The van der Waals surface area contributed by atoms with Gasteiger partial charge < -0.3 is 9.47 Å². The Kier molecular flexibility index (Phi) is 5.88. The van der Waals surface area contributed by atoms with Crippen LogP contribution in [0.2, 0.25) is 0 Å². The summed E-state index contributed by atoms with van der Waals surface area (Å²) in [5, 5.41) is 0. The van der Waals surface area contributed by atoms with Crippen molar-refractivity contribution in [1.29, 1.82) is 0 Å². The molecule has 1 aliphatic rings. The number of carbonyl (C=O) groups is 1. The van der Waals surface area contributed by atoms with E-state index in [0.29, 0.717) is 0 Å². The molecule has 1 aromatic rings. The number of nitrogens with zero attached hydrogens (tertiary/aromatic N) is 2. The van der Waals surface area contributed by atoms with Crippen LogP contribution in [0.3, 0.4) is 0 Å². The fourth-order valence-corrected chi connectivity index (χ4v) is 3.08. The van der Waals surface area contributed by atoms with E-state index in [0.717, 1.165) is 32.5 Å². The number of benzene rings is 1. The highest BCUT2D eigenvalue weighted by Crippen LogP contribution is 2.30. The molecule has 1 saturated heterocycles. The van der Waals surface area contributed by atoms with Crippen LogP contribution in [-0.4, -0.2) is 54.5 Å². The molecule has 0 N–H and O–H groups in total. The second kappa shape index (κ2) is 7.53. The van der Waals surface area contributed by atoms with Gasteiger partial charge in [0.2, 0.25) is 0 Å². The molecule has 0 aromatic heterocycles. The quantitative estimate of drug-likeness (QED) is 0.791. The van der Waals surface area contributed by atoms with Crippen LogP contribution in [0.15, 0.2) is 30.3 Å². The highest BCUT2D eigenvalue weighted by atomic mass is 16.6. The van der Waals surface area contributed by atoms with Gasteiger partial charge in [-0.3, -0.25) is 9.80 Å². The maximum absolute atomic E-state index is 12.4. The van der Waals surface area contributed by atoms with E-state index in [1.54, 1.807) is 19.1 Å². The average Bonchev–Trinajstić information content (AvgIpc) is 2.54. The van der Waals surface area contributed by atoms with Crippen molar-refractivity contribution in [3.63, 3.8) is 0 Å². The van der Waals surface area contributed by atoms with Crippen LogP contribution in [0.4, 0.5) is 4.79 Å². The molecule has 0 aliphatic carbocycles. The van der Waals surface area contributed by atoms with E-state index in [9.17, 15) is 4.79 Å². The molecule has 2 rings (SSSR count). The molecule has 1 fully saturated rings. The van der Waals surface area contributed by atoms with E-state index in [1.807, 2.05) is 26.8 Å². The zero-order valence-electron chi connectivity index (χ0n) is 15.5. The van der Waals surface area contributed by atoms with Gasteiger partial charge in [-0.15, -0.1) is 0 Å². The topological polar surface area (TPSA) is 42.0 Å². The summed E-state index contributed by atoms with van der Waals surface area (Å²) in [6.45, 7) is 8.32. The Balaban J connectivity index is 1.96. The standard InChI is InChI=1S/C19H30N2O3/c1-18(2,3)24-17(22)20(4)19(23-5)11-13-21(14-12-19)15-16-9-7-6-8-10-16/h6-10H,11-15H2,1-5H3. The predicted octanol–water partition coefficient (Wildman–Crippen LogP) is 3.49. The number of rotatable bonds is 4. The van der Waals surface area contributed by atoms with E-state index in [2.05, 4.69) is 29.2 Å². The van der Waals surface area contributed by atoms with Gasteiger partial charge in [-0.25, -0.2) is 4.79 Å². The maximum atomic E-state index is 12.4. The van der Waals surface area contributed by atoms with Crippen molar-refractivity contribution in [2.24, 2.45) is 0 Å². The fraction of sp³-hybridized carbons (Fsp3) is 0.632. The largest absolute Gasteiger partial charge is 0.444 e. The monoisotopic (exact) mass is 334 g/mol. The van der Waals surface area contributed by atoms with Gasteiger partial charge >= 0.3 is 6.09 Å². The average molecular weight is 334 g/mol. The number of amides is 1. The van der Waals surface area contributed by atoms with Crippen LogP contribution >= 0.6 is 0 Å². The van der Waals surface area contributed by atoms with Crippen molar-refractivity contribution in [2.45, 2.75) is 51.5 Å². The van der Waals surface area contributed by atoms with Gasteiger partial charge in [0.1, 0.15) is 11.3 Å². The molecule has 0 spiro atoms. The molecule has 0 atom stereocenters. The molecular formula is C19H30N2O3. The lowest BCUT2D eigenvalue weighted by Gasteiger charge is -2.46. The second-order valence-corrected chi connectivity index (χ2v) is 7.45. The summed E-state index contributed by atoms with van der Waals surface area (Å²) in [7, 11) is 3.44. The predicted molar refractivity (Wildman–Crippen MR) is 94.7 cm³/mol. The van der Waals surface area contributed by atoms with Crippen molar-refractivity contribution in [3.05, 3.63) is 35.9 Å². The number of hydrogen-bond donors (Lipinski definition) is 0. The summed E-state index contributed by atoms with van der Waals surface area (Å²) in [5.41, 5.74) is 0.215. The van der Waals surface area contributed by atoms with Crippen molar-refractivity contribution in [2.75, 3.05) is 27.2 Å². The zero-order chi connectivity index (χ0) is 17.8. The molecular weight excluding hydrogens is 304 g/mol. The molecule has 134 valence electrons. The molecule has 5 heteroatoms. The Morgan fingerprint density at radius 1 is 1.21 bits per heavy atom. The van der Waals surface area contributed by atoms with Crippen LogP contribution in [0, 0.1) is 0 Å². The Morgan fingerprint density at radius 2 is 1.79 bits per heavy atom. The lowest BCUT2D eigenvalue weighted by molar-refractivity contribution is -0.150. The van der Waals surface area contributed by atoms with E-state index < -0.39 is 11.3 Å². The van der Waals surface area contributed by atoms with Crippen LogP contribution in [0.1, 0.15) is 39.2 Å². The Bertz CT molecular complexity index is 531. The molecule has 0 bridgehead atoms. The van der Waals surface area contributed by atoms with Crippen LogP contribution in [0.5, 0.6) is 0 Å². The van der Waals surface area contributed by atoms with Gasteiger partial charge in [-0.2, -0.15) is 0 Å². The first-order chi connectivity index (χ1) is 11.3. The van der Waals surface area contributed by atoms with Crippen LogP contribution in [-0.2, 0) is 16.0 Å². The number of hydrogen-bond acceptors (Lipinski definition) is 4. The molecule has 5 nitrogen and oxygen atoms in total. The minimum atomic E-state index is -0.588. The summed E-state index contributed by atoms with van der Waals surface area (Å²) in [4.78, 5) is 16.4. The Hall–Kier alpha value is -1.59. The van der Waals surface area contributed by atoms with E-state index in [4.69, 9.17) is 9.47 Å². The molecule has 1 aliphatic heterocycles. The number of piperidine rings is 1. The minimum Gasteiger partial charge on any atom is -0.444 e. The minimum absolute atomic E-state index is 0.333. The van der Waals surface area contributed by atoms with Crippen molar-refractivity contribution in [1.82, 2.24) is 9.80 Å². The van der Waals surface area contributed by atoms with Gasteiger partial charge in [-0.05, 0) is 26.3 Å². The summed E-state index contributed by atoms with van der Waals surface area (Å²) < 4.78 is 11.3. The highest BCUT2D eigenvalue weighted by Gasteiger charge is 2.42. The van der Waals surface area contributed by atoms with Gasteiger partial charge in [0.25, 0.3) is 0 Å². The van der Waals surface area contributed by atoms with Gasteiger partial charge in [-0.1, -0.05) is 30.3 Å². The highest BCUT2D eigenvalue weighted by molar-refractivity contribution is 5.68. The molecule has 1 amide bonds. The molecule has 1 aromatic carbocycles. The number of methoxy groups -OCH3 is 1. The first-order valence-corrected chi connectivity index (χ1v) is 8.54. The lowest BCUT2D eigenvalue weighted by atomic mass is 9.98. The van der Waals surface area contributed by atoms with Crippen LogP contribution < -0.4 is 0 Å². The van der Waals surface area contributed by atoms with Crippen molar-refractivity contribution < 1.29 is 14.3 Å². The number of carbonyl (C=O) groups excluding carboxylic acids is 1. The third-order valence-corrected chi connectivity index (χ3v) is 4.54. The van der Waals surface area contributed by atoms with Gasteiger partial charge in [0.15, 0.2) is 0 Å². The number of likely N-dealkylation sites (tertiary alicyclic amines) is 1. The van der Waals surface area contributed by atoms with Crippen LogP contribution in [0.25, 0.3) is 0 Å². The smallest absolute Gasteiger partial charge is 0.412 e. The fourth-order valence-electron chi connectivity index (χ4n) is 3.08. The SMILES string of the molecule is COC1(N(C)C(=O)OC(C)(C)C)CCN(Cc2ccccc2)CC1. The van der Waals surface area contributed by atoms with E-state index >= 15 is 0 Å². The first kappa shape index (κ1) is 18.7. The van der Waals surface area contributed by atoms with Crippen molar-refractivity contribution in [3.8, 4) is 0 Å². The lowest BCUT2D eigenvalue weighted by Crippen LogP contribution is -2.57. The molecule has 0 unspecified atom stereocenters. The zero-order valence-corrected chi connectivity index (χ0v) is 15.5. The molecule has 0 radical (unpaired) electrons. The van der Waals surface area contributed by atoms with E-state index in [-0.39, 0.29) is 6.09 Å². The Labute approximate surface area is 145 Å².